The maximum absolute atomic E-state index is 11.2. The quantitative estimate of drug-likeness (QED) is 0.213. The molecule has 12 nitrogen and oxygen atoms in total. The molecule has 2 fully saturated rings. The average molecular weight is 664 g/mol. The number of anilines is 2. The number of benzene rings is 2. The van der Waals surface area contributed by atoms with Crippen molar-refractivity contribution in [1.82, 2.24) is 15.2 Å². The Morgan fingerprint density at radius 1 is 1.04 bits per heavy atom. The van der Waals surface area contributed by atoms with Crippen molar-refractivity contribution in [2.45, 2.75) is 50.7 Å². The molecule has 1 aromatic heterocycles. The largest absolute Gasteiger partial charge is 0.496 e. The van der Waals surface area contributed by atoms with Gasteiger partial charge >= 0.3 is 18.1 Å². The summed E-state index contributed by atoms with van der Waals surface area (Å²) >= 11 is 0. The van der Waals surface area contributed by atoms with E-state index in [2.05, 4.69) is 39.3 Å². The molecule has 3 aromatic rings. The third-order valence-electron chi connectivity index (χ3n) is 7.77. The first kappa shape index (κ1) is 35.5. The summed E-state index contributed by atoms with van der Waals surface area (Å²) in [7, 11) is 1.65. The first-order chi connectivity index (χ1) is 22.2. The van der Waals surface area contributed by atoms with Crippen molar-refractivity contribution in [2.75, 3.05) is 56.7 Å². The summed E-state index contributed by atoms with van der Waals surface area (Å²) in [4.78, 5) is 28.9. The van der Waals surface area contributed by atoms with Gasteiger partial charge in [-0.1, -0.05) is 0 Å². The zero-order valence-corrected chi connectivity index (χ0v) is 26.5. The van der Waals surface area contributed by atoms with Crippen LogP contribution >= 0.6 is 0 Å². The Morgan fingerprint density at radius 2 is 1.72 bits per heavy atom. The number of rotatable bonds is 10. The molecule has 4 N–H and O–H groups in total. The van der Waals surface area contributed by atoms with Gasteiger partial charge in [0.05, 0.1) is 31.0 Å². The summed E-state index contributed by atoms with van der Waals surface area (Å²) in [5, 5.41) is 23.8. The van der Waals surface area contributed by atoms with E-state index < -0.39 is 24.0 Å². The Kier molecular flexibility index (Phi) is 11.4. The molecule has 0 aliphatic carbocycles. The highest BCUT2D eigenvalue weighted by atomic mass is 19.4. The molecule has 3 heterocycles. The Labute approximate surface area is 270 Å². The van der Waals surface area contributed by atoms with Crippen molar-refractivity contribution in [3.05, 3.63) is 60.6 Å². The van der Waals surface area contributed by atoms with Gasteiger partial charge in [0.1, 0.15) is 5.75 Å². The summed E-state index contributed by atoms with van der Waals surface area (Å²) in [6.07, 6.45) is 0.936. The topological polar surface area (TPSA) is 150 Å². The van der Waals surface area contributed by atoms with Crippen LogP contribution in [0.4, 0.5) is 24.5 Å². The molecule has 0 radical (unpaired) electrons. The van der Waals surface area contributed by atoms with E-state index in [1.807, 2.05) is 30.3 Å². The number of nitrogens with zero attached hydrogens (tertiary/aromatic N) is 3. The minimum absolute atomic E-state index is 0.237. The fourth-order valence-electron chi connectivity index (χ4n) is 5.70. The molecular weight excluding hydrogens is 623 g/mol. The van der Waals surface area contributed by atoms with Crippen LogP contribution in [-0.4, -0.2) is 96.0 Å². The highest BCUT2D eigenvalue weighted by molar-refractivity contribution is 5.88. The van der Waals surface area contributed by atoms with Gasteiger partial charge in [0, 0.05) is 62.1 Å². The highest BCUT2D eigenvalue weighted by Crippen LogP contribution is 2.35. The first-order valence-corrected chi connectivity index (χ1v) is 15.1. The van der Waals surface area contributed by atoms with Crippen molar-refractivity contribution in [3.63, 3.8) is 0 Å². The van der Waals surface area contributed by atoms with Gasteiger partial charge in [-0.05, 0) is 63.1 Å². The van der Waals surface area contributed by atoms with Gasteiger partial charge in [0.15, 0.2) is 18.0 Å². The first-order valence-electron chi connectivity index (χ1n) is 15.1. The smallest absolute Gasteiger partial charge is 0.490 e. The minimum Gasteiger partial charge on any atom is -0.496 e. The zero-order chi connectivity index (χ0) is 34.2. The molecule has 0 saturated carbocycles. The van der Waals surface area contributed by atoms with Crippen molar-refractivity contribution >= 4 is 23.3 Å². The van der Waals surface area contributed by atoms with E-state index in [1.54, 1.807) is 25.4 Å². The number of carboxylic acid groups (broad SMARTS) is 2. The van der Waals surface area contributed by atoms with Crippen molar-refractivity contribution < 1.29 is 46.9 Å². The van der Waals surface area contributed by atoms with Gasteiger partial charge in [0.25, 0.3) is 0 Å². The maximum atomic E-state index is 11.2. The normalized spacial score (nSPS) is 19.0. The van der Waals surface area contributed by atoms with E-state index >= 15 is 0 Å². The summed E-state index contributed by atoms with van der Waals surface area (Å²) in [6, 6.07) is 13.1. The van der Waals surface area contributed by atoms with Gasteiger partial charge in [-0.25, -0.2) is 14.6 Å². The molecule has 2 saturated heterocycles. The number of piperazine rings is 1. The van der Waals surface area contributed by atoms with Gasteiger partial charge in [-0.15, -0.1) is 0 Å². The Bertz CT molecular complexity index is 1470. The number of ether oxygens (including phenoxy) is 2. The number of halogens is 3. The molecule has 2 aromatic carbocycles. The molecule has 2 aliphatic rings. The van der Waals surface area contributed by atoms with Gasteiger partial charge < -0.3 is 34.3 Å². The molecule has 5 rings (SSSR count). The minimum atomic E-state index is -5.08. The molecule has 1 atom stereocenters. The van der Waals surface area contributed by atoms with Gasteiger partial charge in [0.2, 0.25) is 0 Å². The molecule has 0 bridgehead atoms. The van der Waals surface area contributed by atoms with Crippen LogP contribution in [0, 0.1) is 0 Å². The fourth-order valence-corrected chi connectivity index (χ4v) is 5.70. The van der Waals surface area contributed by atoms with Crippen molar-refractivity contribution in [2.24, 2.45) is 0 Å². The van der Waals surface area contributed by atoms with Gasteiger partial charge in [-0.2, -0.15) is 13.2 Å². The van der Waals surface area contributed by atoms with Crippen LogP contribution in [0.2, 0.25) is 0 Å². The maximum Gasteiger partial charge on any atom is 0.490 e. The number of hydrogen-bond acceptors (Lipinski definition) is 10. The van der Waals surface area contributed by atoms with Crippen molar-refractivity contribution in [3.8, 4) is 17.1 Å². The summed E-state index contributed by atoms with van der Waals surface area (Å²) in [5.41, 5.74) is 2.87. The lowest BCUT2D eigenvalue weighted by Gasteiger charge is -2.47. The highest BCUT2D eigenvalue weighted by Gasteiger charge is 2.40. The number of aromatic nitrogens is 1. The van der Waals surface area contributed by atoms with Crippen LogP contribution < -0.4 is 20.3 Å². The number of nitrogens with one attached hydrogen (secondary N) is 2. The van der Waals surface area contributed by atoms with Crippen LogP contribution in [0.5, 0.6) is 5.75 Å². The SMILES string of the molecule is COc1cc(NC2(NC(C)(C)CN3CCN(c4ccc(C(=O)O)cc4)CC3)CCCCO2)ccc1-c1cnco1.O=C(O)C(F)(F)F. The van der Waals surface area contributed by atoms with E-state index in [0.29, 0.717) is 23.7 Å². The molecule has 47 heavy (non-hydrogen) atoms. The van der Waals surface area contributed by atoms with Gasteiger partial charge in [-0.3, -0.25) is 10.2 Å². The molecule has 15 heteroatoms. The lowest BCUT2D eigenvalue weighted by molar-refractivity contribution is -0.192. The fraction of sp³-hybridized carbons (Fsp3) is 0.469. The number of alkyl halides is 3. The third kappa shape index (κ3) is 9.83. The van der Waals surface area contributed by atoms with Crippen LogP contribution in [0.15, 0.2) is 59.5 Å². The van der Waals surface area contributed by atoms with E-state index in [9.17, 15) is 18.0 Å². The number of methoxy groups -OCH3 is 1. The molecule has 0 spiro atoms. The van der Waals surface area contributed by atoms with E-state index in [4.69, 9.17) is 28.9 Å². The van der Waals surface area contributed by atoms with Crippen molar-refractivity contribution in [1.29, 1.82) is 0 Å². The number of oxazole rings is 1. The summed E-state index contributed by atoms with van der Waals surface area (Å²) in [6.45, 7) is 9.61. The Hall–Kier alpha value is -4.34. The standard InChI is InChI=1S/C30H39N5O5.C2HF3O2/c1-29(2,20-34-13-15-35(16-14-34)24-9-6-22(7-10-24)28(36)37)33-30(12-4-5-17-40-30)32-23-8-11-25(26(18-23)38-3)27-19-31-21-39-27;3-2(4,5)1(6)7/h6-11,18-19,21,32-33H,4-5,12-17,20H2,1-3H3,(H,36,37);(H,6,7). The molecule has 1 unspecified atom stereocenters. The Morgan fingerprint density at radius 3 is 2.26 bits per heavy atom. The average Bonchev–Trinajstić information content (AvgIpc) is 3.56. The van der Waals surface area contributed by atoms with Crippen LogP contribution in [0.3, 0.4) is 0 Å². The second kappa shape index (κ2) is 15.0. The number of hydrogen-bond donors (Lipinski definition) is 4. The van der Waals surface area contributed by atoms with Crippen LogP contribution in [-0.2, 0) is 9.53 Å². The second-order valence-corrected chi connectivity index (χ2v) is 12.0. The molecule has 2 aliphatic heterocycles. The van der Waals surface area contributed by atoms with E-state index in [-0.39, 0.29) is 5.54 Å². The predicted molar refractivity (Wildman–Crippen MR) is 168 cm³/mol. The van der Waals surface area contributed by atoms with Crippen LogP contribution in [0.1, 0.15) is 43.5 Å². The number of aliphatic carboxylic acids is 1. The number of carbonyl (C=O) groups is 2. The predicted octanol–water partition coefficient (Wildman–Crippen LogP) is 5.14. The van der Waals surface area contributed by atoms with Crippen LogP contribution in [0.25, 0.3) is 11.3 Å². The second-order valence-electron chi connectivity index (χ2n) is 12.0. The zero-order valence-electron chi connectivity index (χ0n) is 26.5. The third-order valence-corrected chi connectivity index (χ3v) is 7.77. The summed E-state index contributed by atoms with van der Waals surface area (Å²) in [5.74, 6) is -3.00. The van der Waals surface area contributed by atoms with E-state index in [1.165, 1.54) is 6.39 Å². The van der Waals surface area contributed by atoms with E-state index in [0.717, 1.165) is 68.9 Å². The monoisotopic (exact) mass is 663 g/mol. The lowest BCUT2D eigenvalue weighted by Crippen LogP contribution is -2.65. The molecular formula is C32H40F3N5O7. The Balaban J connectivity index is 0.000000644. The molecule has 256 valence electrons. The summed E-state index contributed by atoms with van der Waals surface area (Å²) < 4.78 is 49.3. The number of aromatic carboxylic acids is 1. The number of carboxylic acids is 2. The lowest BCUT2D eigenvalue weighted by atomic mass is 9.99. The molecule has 0 amide bonds.